The van der Waals surface area contributed by atoms with Crippen molar-refractivity contribution in [3.8, 4) is 11.4 Å². The number of aryl methyl sites for hydroxylation is 1. The highest BCUT2D eigenvalue weighted by molar-refractivity contribution is 5.81. The smallest absolute Gasteiger partial charge is 0.140 e. The zero-order valence-corrected chi connectivity index (χ0v) is 13.4. The third-order valence-electron chi connectivity index (χ3n) is 4.80. The van der Waals surface area contributed by atoms with Crippen LogP contribution < -0.4 is 10.6 Å². The number of fused-ring (bicyclic) bond motifs is 1. The molecule has 1 aliphatic heterocycles. The van der Waals surface area contributed by atoms with Gasteiger partial charge in [-0.15, -0.1) is 0 Å². The quantitative estimate of drug-likeness (QED) is 0.791. The van der Waals surface area contributed by atoms with Crippen molar-refractivity contribution in [2.24, 2.45) is 12.8 Å². The topological polar surface area (TPSA) is 47.1 Å². The van der Waals surface area contributed by atoms with Gasteiger partial charge in [0.05, 0.1) is 11.0 Å². The molecule has 1 fully saturated rings. The van der Waals surface area contributed by atoms with Crippen molar-refractivity contribution in [1.29, 1.82) is 0 Å². The molecule has 4 nitrogen and oxygen atoms in total. The number of hydrogen-bond acceptors (Lipinski definition) is 3. The molecule has 0 atom stereocenters. The summed E-state index contributed by atoms with van der Waals surface area (Å²) < 4.78 is 2.17. The van der Waals surface area contributed by atoms with Crippen molar-refractivity contribution < 1.29 is 0 Å². The van der Waals surface area contributed by atoms with Crippen molar-refractivity contribution in [1.82, 2.24) is 9.55 Å². The number of rotatable bonds is 2. The summed E-state index contributed by atoms with van der Waals surface area (Å²) in [7, 11) is 2.08. The monoisotopic (exact) mass is 306 g/mol. The first-order valence-corrected chi connectivity index (χ1v) is 8.25. The summed E-state index contributed by atoms with van der Waals surface area (Å²) in [6.07, 6.45) is 2.13. The maximum atomic E-state index is 6.02. The van der Waals surface area contributed by atoms with Crippen molar-refractivity contribution in [3.05, 3.63) is 48.5 Å². The minimum absolute atomic E-state index is 0.356. The van der Waals surface area contributed by atoms with Crippen molar-refractivity contribution in [2.45, 2.75) is 18.9 Å². The highest BCUT2D eigenvalue weighted by Gasteiger charge is 2.17. The van der Waals surface area contributed by atoms with E-state index in [9.17, 15) is 0 Å². The van der Waals surface area contributed by atoms with Crippen molar-refractivity contribution in [3.63, 3.8) is 0 Å². The standard InChI is InChI=1S/C19H22N4/c1-22-18-8-3-2-7-17(18)21-19(22)14-5-4-6-16(13-14)23-11-9-15(20)10-12-23/h2-8,13,15H,9-12,20H2,1H3. The molecule has 0 amide bonds. The zero-order chi connectivity index (χ0) is 15.8. The summed E-state index contributed by atoms with van der Waals surface area (Å²) in [5.74, 6) is 1.02. The van der Waals surface area contributed by atoms with Crippen LogP contribution in [-0.2, 0) is 7.05 Å². The number of benzene rings is 2. The van der Waals surface area contributed by atoms with Gasteiger partial charge in [-0.25, -0.2) is 4.98 Å². The number of aromatic nitrogens is 2. The van der Waals surface area contributed by atoms with E-state index in [1.807, 2.05) is 6.07 Å². The molecule has 0 unspecified atom stereocenters. The molecule has 2 aromatic carbocycles. The minimum Gasteiger partial charge on any atom is -0.371 e. The number of para-hydroxylation sites is 2. The van der Waals surface area contributed by atoms with Crippen LogP contribution in [0.2, 0.25) is 0 Å². The molecule has 1 saturated heterocycles. The second-order valence-electron chi connectivity index (χ2n) is 6.36. The fraction of sp³-hybridized carbons (Fsp3) is 0.316. The van der Waals surface area contributed by atoms with E-state index in [1.165, 1.54) is 5.69 Å². The van der Waals surface area contributed by atoms with E-state index < -0.39 is 0 Å². The molecule has 0 bridgehead atoms. The third-order valence-corrected chi connectivity index (χ3v) is 4.80. The molecule has 1 aromatic heterocycles. The SMILES string of the molecule is Cn1c(-c2cccc(N3CCC(N)CC3)c2)nc2ccccc21. The van der Waals surface area contributed by atoms with Gasteiger partial charge in [0.2, 0.25) is 0 Å². The summed E-state index contributed by atoms with van der Waals surface area (Å²) in [5, 5.41) is 0. The molecule has 3 aromatic rings. The first-order valence-electron chi connectivity index (χ1n) is 8.25. The van der Waals surface area contributed by atoms with Crippen LogP contribution in [0.4, 0.5) is 5.69 Å². The Morgan fingerprint density at radius 1 is 1.04 bits per heavy atom. The molecule has 23 heavy (non-hydrogen) atoms. The van der Waals surface area contributed by atoms with Gasteiger partial charge in [-0.1, -0.05) is 24.3 Å². The first kappa shape index (κ1) is 14.3. The van der Waals surface area contributed by atoms with Gasteiger partial charge in [0.15, 0.2) is 0 Å². The van der Waals surface area contributed by atoms with E-state index in [0.29, 0.717) is 6.04 Å². The van der Waals surface area contributed by atoms with Gasteiger partial charge >= 0.3 is 0 Å². The molecule has 0 aliphatic carbocycles. The molecular formula is C19H22N4. The van der Waals surface area contributed by atoms with Crippen LogP contribution in [0.5, 0.6) is 0 Å². The van der Waals surface area contributed by atoms with E-state index in [-0.39, 0.29) is 0 Å². The van der Waals surface area contributed by atoms with Gasteiger partial charge in [0.25, 0.3) is 0 Å². The molecule has 4 rings (SSSR count). The minimum atomic E-state index is 0.356. The first-order chi connectivity index (χ1) is 11.2. The predicted octanol–water partition coefficient (Wildman–Crippen LogP) is 3.17. The Balaban J connectivity index is 1.71. The second-order valence-corrected chi connectivity index (χ2v) is 6.36. The maximum Gasteiger partial charge on any atom is 0.140 e. The summed E-state index contributed by atoms with van der Waals surface area (Å²) in [5.41, 5.74) is 10.7. The van der Waals surface area contributed by atoms with Crippen LogP contribution in [-0.4, -0.2) is 28.7 Å². The summed E-state index contributed by atoms with van der Waals surface area (Å²) in [4.78, 5) is 7.23. The van der Waals surface area contributed by atoms with Crippen LogP contribution >= 0.6 is 0 Å². The van der Waals surface area contributed by atoms with Gasteiger partial charge in [-0.05, 0) is 37.1 Å². The number of imidazole rings is 1. The molecule has 2 heterocycles. The fourth-order valence-electron chi connectivity index (χ4n) is 3.40. The molecule has 0 saturated carbocycles. The summed E-state index contributed by atoms with van der Waals surface area (Å²) >= 11 is 0. The van der Waals surface area contributed by atoms with E-state index in [4.69, 9.17) is 10.7 Å². The highest BCUT2D eigenvalue weighted by atomic mass is 15.1. The van der Waals surface area contributed by atoms with Gasteiger partial charge < -0.3 is 15.2 Å². The van der Waals surface area contributed by atoms with Gasteiger partial charge in [-0.2, -0.15) is 0 Å². The molecular weight excluding hydrogens is 284 g/mol. The Hall–Kier alpha value is -2.33. The molecule has 4 heteroatoms. The van der Waals surface area contributed by atoms with Crippen LogP contribution in [0, 0.1) is 0 Å². The normalized spacial score (nSPS) is 16.2. The Kier molecular flexibility index (Phi) is 3.54. The molecule has 1 aliphatic rings. The van der Waals surface area contributed by atoms with E-state index in [1.54, 1.807) is 0 Å². The Labute approximate surface area is 136 Å². The lowest BCUT2D eigenvalue weighted by molar-refractivity contribution is 0.501. The largest absolute Gasteiger partial charge is 0.371 e. The Bertz CT molecular complexity index is 828. The zero-order valence-electron chi connectivity index (χ0n) is 13.4. The Morgan fingerprint density at radius 2 is 1.83 bits per heavy atom. The molecule has 0 radical (unpaired) electrons. The van der Waals surface area contributed by atoms with Crippen molar-refractivity contribution in [2.75, 3.05) is 18.0 Å². The number of nitrogens with two attached hydrogens (primary N) is 1. The number of nitrogens with zero attached hydrogens (tertiary/aromatic N) is 3. The average Bonchev–Trinajstić information content (AvgIpc) is 2.93. The van der Waals surface area contributed by atoms with Gasteiger partial charge in [0, 0.05) is 37.4 Å². The van der Waals surface area contributed by atoms with Crippen molar-refractivity contribution >= 4 is 16.7 Å². The van der Waals surface area contributed by atoms with E-state index in [2.05, 4.69) is 59.0 Å². The second kappa shape index (κ2) is 5.70. The summed E-state index contributed by atoms with van der Waals surface area (Å²) in [6.45, 7) is 2.07. The predicted molar refractivity (Wildman–Crippen MR) is 95.6 cm³/mol. The lowest BCUT2D eigenvalue weighted by Gasteiger charge is -2.32. The van der Waals surface area contributed by atoms with Crippen LogP contribution in [0.1, 0.15) is 12.8 Å². The molecule has 0 spiro atoms. The number of anilines is 1. The maximum absolute atomic E-state index is 6.02. The molecule has 2 N–H and O–H groups in total. The summed E-state index contributed by atoms with van der Waals surface area (Å²) in [6, 6.07) is 17.3. The number of hydrogen-bond donors (Lipinski definition) is 1. The lowest BCUT2D eigenvalue weighted by atomic mass is 10.0. The lowest BCUT2D eigenvalue weighted by Crippen LogP contribution is -2.39. The third kappa shape index (κ3) is 2.59. The van der Waals surface area contributed by atoms with Gasteiger partial charge in [-0.3, -0.25) is 0 Å². The van der Waals surface area contributed by atoms with Crippen LogP contribution in [0.25, 0.3) is 22.4 Å². The van der Waals surface area contributed by atoms with E-state index >= 15 is 0 Å². The van der Waals surface area contributed by atoms with Crippen LogP contribution in [0.15, 0.2) is 48.5 Å². The van der Waals surface area contributed by atoms with E-state index in [0.717, 1.165) is 48.4 Å². The highest BCUT2D eigenvalue weighted by Crippen LogP contribution is 2.28. The Morgan fingerprint density at radius 3 is 2.61 bits per heavy atom. The molecule has 118 valence electrons. The van der Waals surface area contributed by atoms with Crippen LogP contribution in [0.3, 0.4) is 0 Å². The number of piperidine rings is 1. The fourth-order valence-corrected chi connectivity index (χ4v) is 3.40. The average molecular weight is 306 g/mol. The van der Waals surface area contributed by atoms with Gasteiger partial charge in [0.1, 0.15) is 5.82 Å².